The molecule has 2 heterocycles. The largest absolute Gasteiger partial charge is 0.459 e. The standard InChI is InChI=1S/C18H24ClN3O4/c1-6-7-26-18(25)16(19)22-13(15(10(2)3)17(22)24)9-14(23)12-8-11(4)21(5)20-12/h6,8,10,13,15-16H,1,7,9H2,2-5H3. The number of hydrogen-bond acceptors (Lipinski definition) is 5. The number of aryl methyl sites for hydroxylation is 2. The molecule has 3 atom stereocenters. The highest BCUT2D eigenvalue weighted by Gasteiger charge is 2.53. The molecule has 2 rings (SSSR count). The molecule has 0 aromatic carbocycles. The summed E-state index contributed by atoms with van der Waals surface area (Å²) in [7, 11) is 1.76. The quantitative estimate of drug-likeness (QED) is 0.172. The first kappa shape index (κ1) is 20.2. The van der Waals surface area contributed by atoms with Crippen molar-refractivity contribution in [2.24, 2.45) is 18.9 Å². The van der Waals surface area contributed by atoms with E-state index < -0.39 is 17.5 Å². The number of β-lactam (4-membered cyclic amide) rings is 1. The minimum atomic E-state index is -1.26. The second-order valence-corrected chi connectivity index (χ2v) is 7.17. The first-order chi connectivity index (χ1) is 12.2. The SMILES string of the molecule is C=CCOC(=O)C(Cl)N1C(=O)C(C(C)C)C1CC(=O)c1cc(C)n(C)n1. The third-order valence-electron chi connectivity index (χ3n) is 4.61. The summed E-state index contributed by atoms with van der Waals surface area (Å²) in [6, 6.07) is 1.24. The Bertz CT molecular complexity index is 709. The zero-order chi connectivity index (χ0) is 19.6. The molecule has 0 saturated carbocycles. The monoisotopic (exact) mass is 381 g/mol. The van der Waals surface area contributed by atoms with E-state index in [1.54, 1.807) is 17.8 Å². The van der Waals surface area contributed by atoms with E-state index in [1.165, 1.54) is 11.0 Å². The van der Waals surface area contributed by atoms with Crippen LogP contribution in [0.3, 0.4) is 0 Å². The number of carbonyl (C=O) groups excluding carboxylic acids is 3. The number of carbonyl (C=O) groups is 3. The Morgan fingerprint density at radius 2 is 2.12 bits per heavy atom. The van der Waals surface area contributed by atoms with Crippen molar-refractivity contribution in [2.75, 3.05) is 6.61 Å². The molecule has 0 bridgehead atoms. The molecule has 1 saturated heterocycles. The lowest BCUT2D eigenvalue weighted by Gasteiger charge is -2.50. The van der Waals surface area contributed by atoms with Crippen LogP contribution in [0.25, 0.3) is 0 Å². The number of hydrogen-bond donors (Lipinski definition) is 0. The van der Waals surface area contributed by atoms with E-state index in [9.17, 15) is 14.4 Å². The first-order valence-corrected chi connectivity index (χ1v) is 8.90. The van der Waals surface area contributed by atoms with Gasteiger partial charge in [-0.2, -0.15) is 5.10 Å². The number of halogens is 1. The first-order valence-electron chi connectivity index (χ1n) is 8.46. The van der Waals surface area contributed by atoms with E-state index in [2.05, 4.69) is 11.7 Å². The van der Waals surface area contributed by atoms with Gasteiger partial charge in [0.25, 0.3) is 0 Å². The van der Waals surface area contributed by atoms with Gasteiger partial charge in [0.1, 0.15) is 12.3 Å². The van der Waals surface area contributed by atoms with E-state index in [0.717, 1.165) is 5.69 Å². The van der Waals surface area contributed by atoms with Gasteiger partial charge in [0.2, 0.25) is 11.4 Å². The van der Waals surface area contributed by atoms with Crippen LogP contribution in [0.15, 0.2) is 18.7 Å². The van der Waals surface area contributed by atoms with Crippen LogP contribution >= 0.6 is 11.6 Å². The van der Waals surface area contributed by atoms with Crippen molar-refractivity contribution in [3.05, 3.63) is 30.1 Å². The van der Waals surface area contributed by atoms with Gasteiger partial charge in [-0.15, -0.1) is 0 Å². The smallest absolute Gasteiger partial charge is 0.344 e. The molecule has 8 heteroatoms. The Hall–Kier alpha value is -2.15. The Balaban J connectivity index is 2.17. The topological polar surface area (TPSA) is 81.5 Å². The van der Waals surface area contributed by atoms with Crippen molar-refractivity contribution < 1.29 is 19.1 Å². The number of rotatable bonds is 8. The van der Waals surface area contributed by atoms with E-state index in [4.69, 9.17) is 16.3 Å². The van der Waals surface area contributed by atoms with Gasteiger partial charge in [-0.1, -0.05) is 38.1 Å². The van der Waals surface area contributed by atoms with Crippen LogP contribution < -0.4 is 0 Å². The lowest BCUT2D eigenvalue weighted by molar-refractivity contribution is -0.169. The maximum Gasteiger partial charge on any atom is 0.344 e. The number of ketones is 1. The maximum atomic E-state index is 12.6. The molecule has 0 spiro atoms. The van der Waals surface area contributed by atoms with Gasteiger partial charge in [0.05, 0.1) is 12.0 Å². The third-order valence-corrected chi connectivity index (χ3v) is 4.99. The van der Waals surface area contributed by atoms with Crippen LogP contribution in [0.1, 0.15) is 36.5 Å². The Morgan fingerprint density at radius 1 is 1.46 bits per heavy atom. The van der Waals surface area contributed by atoms with Gasteiger partial charge in [-0.05, 0) is 18.9 Å². The van der Waals surface area contributed by atoms with E-state index in [-0.39, 0.29) is 36.6 Å². The summed E-state index contributed by atoms with van der Waals surface area (Å²) in [6.07, 6.45) is 1.48. The normalized spacial score (nSPS) is 20.7. The van der Waals surface area contributed by atoms with Crippen LogP contribution in [-0.2, 0) is 21.4 Å². The average molecular weight is 382 g/mol. The molecule has 1 aliphatic rings. The predicted octanol–water partition coefficient (Wildman–Crippen LogP) is 2.08. The number of amides is 1. The summed E-state index contributed by atoms with van der Waals surface area (Å²) in [6.45, 7) is 9.13. The number of ether oxygens (including phenoxy) is 1. The van der Waals surface area contributed by atoms with Gasteiger partial charge < -0.3 is 9.64 Å². The minimum Gasteiger partial charge on any atom is -0.459 e. The molecule has 0 radical (unpaired) electrons. The van der Waals surface area contributed by atoms with Crippen LogP contribution in [0, 0.1) is 18.8 Å². The maximum absolute atomic E-state index is 12.6. The fourth-order valence-electron chi connectivity index (χ4n) is 3.14. The third kappa shape index (κ3) is 3.82. The molecule has 1 fully saturated rings. The van der Waals surface area contributed by atoms with Crippen molar-refractivity contribution in [3.8, 4) is 0 Å². The number of esters is 1. The predicted molar refractivity (Wildman–Crippen MR) is 96.7 cm³/mol. The van der Waals surface area contributed by atoms with E-state index >= 15 is 0 Å². The second-order valence-electron chi connectivity index (χ2n) is 6.76. The van der Waals surface area contributed by atoms with Crippen molar-refractivity contribution in [2.45, 2.75) is 38.7 Å². The summed E-state index contributed by atoms with van der Waals surface area (Å²) < 4.78 is 6.55. The summed E-state index contributed by atoms with van der Waals surface area (Å²) in [4.78, 5) is 38.4. The van der Waals surface area contributed by atoms with Gasteiger partial charge in [-0.3, -0.25) is 14.3 Å². The van der Waals surface area contributed by atoms with E-state index in [0.29, 0.717) is 5.69 Å². The van der Waals surface area contributed by atoms with Crippen molar-refractivity contribution in [1.29, 1.82) is 0 Å². The molecule has 142 valence electrons. The zero-order valence-corrected chi connectivity index (χ0v) is 16.2. The molecule has 0 N–H and O–H groups in total. The Labute approximate surface area is 157 Å². The number of alkyl halides is 1. The molecular formula is C18H24ClN3O4. The Kier molecular flexibility index (Phi) is 6.23. The molecule has 26 heavy (non-hydrogen) atoms. The molecular weight excluding hydrogens is 358 g/mol. The highest BCUT2D eigenvalue weighted by molar-refractivity contribution is 6.31. The molecule has 1 amide bonds. The van der Waals surface area contributed by atoms with Crippen molar-refractivity contribution in [1.82, 2.24) is 14.7 Å². The molecule has 1 aromatic heterocycles. The van der Waals surface area contributed by atoms with Gasteiger partial charge in [0.15, 0.2) is 5.78 Å². The fourth-order valence-corrected chi connectivity index (χ4v) is 3.44. The summed E-state index contributed by atoms with van der Waals surface area (Å²) >= 11 is 6.15. The summed E-state index contributed by atoms with van der Waals surface area (Å²) in [5.74, 6) is -1.50. The lowest BCUT2D eigenvalue weighted by atomic mass is 9.76. The summed E-state index contributed by atoms with van der Waals surface area (Å²) in [5.41, 5.74) is -0.0635. The van der Waals surface area contributed by atoms with Gasteiger partial charge in [-0.25, -0.2) is 4.79 Å². The number of aromatic nitrogens is 2. The van der Waals surface area contributed by atoms with Crippen molar-refractivity contribution >= 4 is 29.3 Å². The van der Waals surface area contributed by atoms with Crippen LogP contribution in [0.5, 0.6) is 0 Å². The molecule has 3 unspecified atom stereocenters. The molecule has 7 nitrogen and oxygen atoms in total. The summed E-state index contributed by atoms with van der Waals surface area (Å²) in [5, 5.41) is 4.18. The number of nitrogens with zero attached hydrogens (tertiary/aromatic N) is 3. The van der Waals surface area contributed by atoms with Crippen LogP contribution in [0.4, 0.5) is 0 Å². The number of likely N-dealkylation sites (tertiary alicyclic amines) is 1. The van der Waals surface area contributed by atoms with Gasteiger partial charge >= 0.3 is 5.97 Å². The molecule has 0 aliphatic carbocycles. The molecule has 1 aliphatic heterocycles. The van der Waals surface area contributed by atoms with Crippen LogP contribution in [-0.4, -0.2) is 50.5 Å². The Morgan fingerprint density at radius 3 is 2.62 bits per heavy atom. The lowest BCUT2D eigenvalue weighted by Crippen LogP contribution is -2.66. The second kappa shape index (κ2) is 8.03. The number of Topliss-reactive ketones (excluding diaryl/α,β-unsaturated/α-hetero) is 1. The van der Waals surface area contributed by atoms with Gasteiger partial charge in [0, 0.05) is 19.2 Å². The highest BCUT2D eigenvalue weighted by atomic mass is 35.5. The highest BCUT2D eigenvalue weighted by Crippen LogP contribution is 2.38. The zero-order valence-electron chi connectivity index (χ0n) is 15.4. The van der Waals surface area contributed by atoms with Crippen LogP contribution in [0.2, 0.25) is 0 Å². The minimum absolute atomic E-state index is 0.00843. The van der Waals surface area contributed by atoms with Crippen molar-refractivity contribution in [3.63, 3.8) is 0 Å². The molecule has 1 aromatic rings. The van der Waals surface area contributed by atoms with E-state index in [1.807, 2.05) is 20.8 Å². The average Bonchev–Trinajstić information content (AvgIpc) is 2.90. The fraction of sp³-hybridized carbons (Fsp3) is 0.556.